The van der Waals surface area contributed by atoms with Gasteiger partial charge < -0.3 is 33.3 Å². The van der Waals surface area contributed by atoms with E-state index in [2.05, 4.69) is 220 Å². The first-order chi connectivity index (χ1) is 49.6. The van der Waals surface area contributed by atoms with Gasteiger partial charge in [-0.15, -0.1) is 0 Å². The molecule has 0 aromatic heterocycles. The second-order valence-corrected chi connectivity index (χ2v) is 27.2. The van der Waals surface area contributed by atoms with Crippen LogP contribution in [0.3, 0.4) is 0 Å². The number of likely N-dealkylation sites (N-methyl/N-ethyl adjacent to an activating group) is 1. The van der Waals surface area contributed by atoms with Crippen LogP contribution in [0.4, 0.5) is 0 Å². The van der Waals surface area contributed by atoms with Gasteiger partial charge in [0.15, 0.2) is 12.4 Å². The molecule has 568 valence electrons. The molecule has 0 saturated carbocycles. The monoisotopic (exact) mass is 1390 g/mol. The standard InChI is InChI=1S/C92H147NO8/c1-6-8-10-12-14-16-18-20-22-24-26-28-30-32-34-36-38-40-42-44-45-47-49-51-53-55-57-59-61-63-65-67-69-71-73-75-77-79-81-83-90(95)101-88(87-100-92(91(96)97)98-85-84-93(3,4)5)86-99-89(94)82-80-78-76-74-72-70-68-66-64-62-60-58-56-54-52-50-48-46-43-41-39-37-35-33-31-29-27-25-23-21-19-17-15-13-11-9-7-2/h8-11,14-17,20-23,26-29,32-35,38-41,44-46,48-49,51,55,57,61,63,88,92H,6-7,12-13,18-19,24-25,30-31,36-37,42-43,47,50,52-54,56,58-60,62,64-87H2,1-5H3/b10-8-,11-9-,16-14-,17-15-,22-20-,23-21-,28-26-,29-27-,34-32-,35-33-,40-38-,41-39-,45-44-,48-46-,51-49-,57-55-,63-61-. The first-order valence-electron chi connectivity index (χ1n) is 40.2. The summed E-state index contributed by atoms with van der Waals surface area (Å²) in [7, 11) is 5.92. The topological polar surface area (TPSA) is 111 Å². The molecular formula is C92H147NO8. The Bertz CT molecular complexity index is 2420. The number of carbonyl (C=O) groups excluding carboxylic acids is 3. The van der Waals surface area contributed by atoms with Crippen LogP contribution in [0.5, 0.6) is 0 Å². The van der Waals surface area contributed by atoms with Gasteiger partial charge in [-0.1, -0.05) is 342 Å². The number of ether oxygens (including phenoxy) is 4. The van der Waals surface area contributed by atoms with Crippen molar-refractivity contribution in [2.75, 3.05) is 47.5 Å². The molecule has 2 atom stereocenters. The van der Waals surface area contributed by atoms with Crippen molar-refractivity contribution in [3.63, 3.8) is 0 Å². The lowest BCUT2D eigenvalue weighted by molar-refractivity contribution is -0.870. The summed E-state index contributed by atoms with van der Waals surface area (Å²) in [5.74, 6) is -2.31. The minimum absolute atomic E-state index is 0.137. The molecule has 0 aliphatic carbocycles. The molecule has 9 nitrogen and oxygen atoms in total. The van der Waals surface area contributed by atoms with E-state index >= 15 is 0 Å². The minimum atomic E-state index is -1.64. The normalized spacial score (nSPS) is 13.8. The highest BCUT2D eigenvalue weighted by atomic mass is 16.7. The van der Waals surface area contributed by atoms with Crippen molar-refractivity contribution in [2.45, 2.75) is 309 Å². The van der Waals surface area contributed by atoms with Crippen molar-refractivity contribution >= 4 is 17.9 Å². The molecule has 0 rings (SSSR count). The highest BCUT2D eigenvalue weighted by Gasteiger charge is 2.22. The summed E-state index contributed by atoms with van der Waals surface area (Å²) in [4.78, 5) is 37.6. The third kappa shape index (κ3) is 81.0. The fraction of sp³-hybridized carbons (Fsp3) is 0.598. The fourth-order valence-corrected chi connectivity index (χ4v) is 10.5. The number of carbonyl (C=O) groups is 3. The van der Waals surface area contributed by atoms with E-state index in [-0.39, 0.29) is 38.6 Å². The number of carboxylic acid groups (broad SMARTS) is 1. The van der Waals surface area contributed by atoms with E-state index in [0.29, 0.717) is 17.4 Å². The number of carboxylic acids is 1. The van der Waals surface area contributed by atoms with Crippen LogP contribution >= 0.6 is 0 Å². The van der Waals surface area contributed by atoms with Crippen LogP contribution in [0.25, 0.3) is 0 Å². The number of nitrogens with zero attached hydrogens (tertiary/aromatic N) is 1. The maximum absolute atomic E-state index is 13.0. The average Bonchev–Trinajstić information content (AvgIpc) is 1.21. The number of allylic oxidation sites excluding steroid dienone is 34. The number of esters is 2. The summed E-state index contributed by atoms with van der Waals surface area (Å²) in [5, 5.41) is 11.9. The smallest absolute Gasteiger partial charge is 0.306 e. The third-order valence-corrected chi connectivity index (χ3v) is 16.5. The second kappa shape index (κ2) is 79.6. The molecule has 0 aliphatic rings. The maximum atomic E-state index is 13.0. The zero-order valence-corrected chi connectivity index (χ0v) is 64.9. The number of unbranched alkanes of at least 4 members (excludes halogenated alkanes) is 23. The molecule has 0 amide bonds. The molecule has 101 heavy (non-hydrogen) atoms. The Hall–Kier alpha value is -6.13. The summed E-state index contributed by atoms with van der Waals surface area (Å²) in [6.45, 7) is 4.50. The van der Waals surface area contributed by atoms with Crippen LogP contribution in [-0.2, 0) is 33.3 Å². The molecule has 0 saturated heterocycles. The van der Waals surface area contributed by atoms with Gasteiger partial charge in [-0.3, -0.25) is 9.59 Å². The van der Waals surface area contributed by atoms with Crippen molar-refractivity contribution in [3.8, 4) is 0 Å². The van der Waals surface area contributed by atoms with Crippen LogP contribution in [0, 0.1) is 0 Å². The summed E-state index contributed by atoms with van der Waals surface area (Å²) in [5.41, 5.74) is 0. The van der Waals surface area contributed by atoms with E-state index in [9.17, 15) is 19.5 Å². The summed E-state index contributed by atoms with van der Waals surface area (Å²) >= 11 is 0. The SMILES string of the molecule is CC/C=C\C/C=C\C/C=C\C/C=C\C/C=C\C/C=C\C/C=C\C/C=C\C/C=C\C/C=C\CCCCCCCCCCC(=O)OC(COC(=O)CCCCCCCCCCCCCCCCC/C=C\C/C=C\C/C=C\C/C=C\C/C=C\C/C=C\C/C=C\CC)COC(OCC[N+](C)(C)C)C(=O)[O-]. The van der Waals surface area contributed by atoms with E-state index in [4.69, 9.17) is 18.9 Å². The van der Waals surface area contributed by atoms with Gasteiger partial charge in [0.05, 0.1) is 40.3 Å². The molecule has 0 aromatic rings. The molecule has 0 heterocycles. The van der Waals surface area contributed by atoms with Crippen LogP contribution in [0.15, 0.2) is 207 Å². The van der Waals surface area contributed by atoms with Gasteiger partial charge in [-0.2, -0.15) is 0 Å². The summed E-state index contributed by atoms with van der Waals surface area (Å²) < 4.78 is 22.8. The van der Waals surface area contributed by atoms with Crippen LogP contribution < -0.4 is 5.11 Å². The van der Waals surface area contributed by atoms with Gasteiger partial charge in [0, 0.05) is 12.8 Å². The van der Waals surface area contributed by atoms with E-state index in [1.807, 2.05) is 21.1 Å². The lowest BCUT2D eigenvalue weighted by Gasteiger charge is -2.26. The lowest BCUT2D eigenvalue weighted by atomic mass is 10.0. The Morgan fingerprint density at radius 1 is 0.297 bits per heavy atom. The van der Waals surface area contributed by atoms with E-state index in [0.717, 1.165) is 154 Å². The van der Waals surface area contributed by atoms with Gasteiger partial charge in [0.2, 0.25) is 0 Å². The quantitative estimate of drug-likeness (QED) is 0.0195. The molecule has 0 N–H and O–H groups in total. The number of rotatable bonds is 72. The largest absolute Gasteiger partial charge is 0.545 e. The number of quaternary nitrogens is 1. The highest BCUT2D eigenvalue weighted by Crippen LogP contribution is 2.17. The fourth-order valence-electron chi connectivity index (χ4n) is 10.5. The molecule has 0 aliphatic heterocycles. The van der Waals surface area contributed by atoms with Crippen molar-refractivity contribution in [1.82, 2.24) is 0 Å². The van der Waals surface area contributed by atoms with Crippen molar-refractivity contribution < 1.29 is 42.9 Å². The van der Waals surface area contributed by atoms with Crippen molar-refractivity contribution in [1.29, 1.82) is 0 Å². The average molecular weight is 1400 g/mol. The van der Waals surface area contributed by atoms with E-state index < -0.39 is 24.3 Å². The maximum Gasteiger partial charge on any atom is 0.306 e. The van der Waals surface area contributed by atoms with Gasteiger partial charge >= 0.3 is 11.9 Å². The predicted molar refractivity (Wildman–Crippen MR) is 434 cm³/mol. The molecular weight excluding hydrogens is 1250 g/mol. The van der Waals surface area contributed by atoms with Crippen molar-refractivity contribution in [3.05, 3.63) is 207 Å². The second-order valence-electron chi connectivity index (χ2n) is 27.2. The lowest BCUT2D eigenvalue weighted by Crippen LogP contribution is -2.44. The van der Waals surface area contributed by atoms with Gasteiger partial charge in [-0.05, 0) is 148 Å². The first-order valence-corrected chi connectivity index (χ1v) is 40.2. The van der Waals surface area contributed by atoms with E-state index in [1.165, 1.54) is 109 Å². The Morgan fingerprint density at radius 2 is 0.535 bits per heavy atom. The van der Waals surface area contributed by atoms with E-state index in [1.54, 1.807) is 0 Å². The third-order valence-electron chi connectivity index (χ3n) is 16.5. The summed E-state index contributed by atoms with van der Waals surface area (Å²) in [6, 6.07) is 0. The molecule has 0 spiro atoms. The predicted octanol–water partition coefficient (Wildman–Crippen LogP) is 24.9. The minimum Gasteiger partial charge on any atom is -0.545 e. The molecule has 0 fully saturated rings. The number of aliphatic carboxylic acids is 1. The van der Waals surface area contributed by atoms with Crippen molar-refractivity contribution in [2.24, 2.45) is 0 Å². The van der Waals surface area contributed by atoms with Crippen LogP contribution in [-0.4, -0.2) is 82.3 Å². The van der Waals surface area contributed by atoms with Gasteiger partial charge in [0.25, 0.3) is 0 Å². The van der Waals surface area contributed by atoms with Gasteiger partial charge in [0.1, 0.15) is 13.2 Å². The van der Waals surface area contributed by atoms with Gasteiger partial charge in [-0.25, -0.2) is 0 Å². The Kier molecular flexibility index (Phi) is 74.7. The highest BCUT2D eigenvalue weighted by molar-refractivity contribution is 5.70. The molecule has 2 unspecified atom stereocenters. The Labute approximate surface area is 620 Å². The summed E-state index contributed by atoms with van der Waals surface area (Å²) in [6.07, 6.45) is 121. The zero-order valence-electron chi connectivity index (χ0n) is 64.9. The Morgan fingerprint density at radius 3 is 0.792 bits per heavy atom. The number of hydrogen-bond acceptors (Lipinski definition) is 8. The van der Waals surface area contributed by atoms with Crippen LogP contribution in [0.1, 0.15) is 296 Å². The molecule has 0 radical (unpaired) electrons. The zero-order chi connectivity index (χ0) is 73.2. The molecule has 9 heteroatoms. The number of hydrogen-bond donors (Lipinski definition) is 0. The molecule has 0 bridgehead atoms. The first kappa shape index (κ1) is 94.9. The Balaban J connectivity index is 4.13. The molecule has 0 aromatic carbocycles. The van der Waals surface area contributed by atoms with Crippen LogP contribution in [0.2, 0.25) is 0 Å².